The van der Waals surface area contributed by atoms with E-state index in [1.807, 2.05) is 18.2 Å². The van der Waals surface area contributed by atoms with E-state index < -0.39 is 12.0 Å². The molecule has 3 N–H and O–H groups in total. The Hall–Kier alpha value is -3.75. The fourth-order valence-corrected chi connectivity index (χ4v) is 3.92. The molecule has 0 aromatic heterocycles. The lowest BCUT2D eigenvalue weighted by Crippen LogP contribution is -2.34. The number of amides is 3. The molecule has 168 valence electrons. The molecule has 4 rings (SSSR count). The van der Waals surface area contributed by atoms with Crippen molar-refractivity contribution in [3.05, 3.63) is 59.2 Å². The lowest BCUT2D eigenvalue weighted by Gasteiger charge is -2.26. The van der Waals surface area contributed by atoms with Crippen LogP contribution in [-0.4, -0.2) is 49.2 Å². The van der Waals surface area contributed by atoms with Crippen LogP contribution in [0, 0.1) is 0 Å². The van der Waals surface area contributed by atoms with E-state index in [0.29, 0.717) is 36.8 Å². The molecule has 0 radical (unpaired) electrons. The summed E-state index contributed by atoms with van der Waals surface area (Å²) in [5, 5.41) is 2.47. The van der Waals surface area contributed by atoms with Crippen LogP contribution in [0.4, 0.5) is 4.79 Å². The molecule has 2 aliphatic heterocycles. The van der Waals surface area contributed by atoms with E-state index in [9.17, 15) is 14.4 Å². The number of primary amides is 1. The van der Waals surface area contributed by atoms with Gasteiger partial charge in [0.1, 0.15) is 13.2 Å². The lowest BCUT2D eigenvalue weighted by molar-refractivity contribution is -0.135. The van der Waals surface area contributed by atoms with Gasteiger partial charge in [0, 0.05) is 13.1 Å². The quantitative estimate of drug-likeness (QED) is 0.666. The lowest BCUT2D eigenvalue weighted by atomic mass is 10.0. The predicted octanol–water partition coefficient (Wildman–Crippen LogP) is 2.15. The zero-order valence-electron chi connectivity index (χ0n) is 17.5. The average Bonchev–Trinajstić information content (AvgIpc) is 3.31. The highest BCUT2D eigenvalue weighted by Crippen LogP contribution is 2.38. The van der Waals surface area contributed by atoms with Gasteiger partial charge < -0.3 is 30.2 Å². The van der Waals surface area contributed by atoms with Gasteiger partial charge in [0.2, 0.25) is 0 Å². The second-order valence-corrected chi connectivity index (χ2v) is 7.64. The molecule has 1 saturated heterocycles. The Bertz CT molecular complexity index is 1010. The van der Waals surface area contributed by atoms with Crippen molar-refractivity contribution in [3.63, 3.8) is 0 Å². The van der Waals surface area contributed by atoms with Crippen LogP contribution in [0.25, 0.3) is 0 Å². The van der Waals surface area contributed by atoms with Crippen LogP contribution < -0.4 is 20.5 Å². The van der Waals surface area contributed by atoms with Gasteiger partial charge >= 0.3 is 12.0 Å². The van der Waals surface area contributed by atoms with Crippen molar-refractivity contribution in [1.29, 1.82) is 0 Å². The van der Waals surface area contributed by atoms with Gasteiger partial charge in [0.25, 0.3) is 5.91 Å². The third-order valence-corrected chi connectivity index (χ3v) is 5.51. The summed E-state index contributed by atoms with van der Waals surface area (Å²) >= 11 is 0. The van der Waals surface area contributed by atoms with Crippen molar-refractivity contribution in [1.82, 2.24) is 10.2 Å². The fraction of sp³-hybridized carbons (Fsp3) is 0.348. The van der Waals surface area contributed by atoms with E-state index in [2.05, 4.69) is 5.32 Å². The van der Waals surface area contributed by atoms with E-state index >= 15 is 0 Å². The highest BCUT2D eigenvalue weighted by atomic mass is 16.6. The zero-order valence-corrected chi connectivity index (χ0v) is 17.5. The van der Waals surface area contributed by atoms with Gasteiger partial charge in [0.15, 0.2) is 18.1 Å². The van der Waals surface area contributed by atoms with Crippen LogP contribution in [0.2, 0.25) is 0 Å². The van der Waals surface area contributed by atoms with Gasteiger partial charge in [-0.25, -0.2) is 9.59 Å². The Morgan fingerprint density at radius 1 is 1.06 bits per heavy atom. The Balaban J connectivity index is 1.34. The number of likely N-dealkylation sites (tertiary alicyclic amines) is 1. The third kappa shape index (κ3) is 4.93. The maximum atomic E-state index is 12.8. The second kappa shape index (κ2) is 9.59. The van der Waals surface area contributed by atoms with Gasteiger partial charge in [-0.15, -0.1) is 0 Å². The number of benzene rings is 2. The number of hydrogen-bond acceptors (Lipinski definition) is 6. The number of nitrogens with two attached hydrogens (primary N) is 1. The number of rotatable bonds is 6. The molecule has 0 bridgehead atoms. The van der Waals surface area contributed by atoms with E-state index in [4.69, 9.17) is 19.9 Å². The molecule has 2 aliphatic rings. The molecular weight excluding hydrogens is 414 g/mol. The number of urea groups is 1. The van der Waals surface area contributed by atoms with Crippen LogP contribution in [0.3, 0.4) is 0 Å². The Labute approximate surface area is 185 Å². The highest BCUT2D eigenvalue weighted by Gasteiger charge is 2.31. The van der Waals surface area contributed by atoms with Crippen molar-refractivity contribution in [2.45, 2.75) is 25.4 Å². The zero-order chi connectivity index (χ0) is 22.5. The third-order valence-electron chi connectivity index (χ3n) is 5.51. The summed E-state index contributed by atoms with van der Waals surface area (Å²) in [6, 6.07) is 11.6. The summed E-state index contributed by atoms with van der Waals surface area (Å²) in [5.74, 6) is 0.580. The maximum absolute atomic E-state index is 12.8. The first-order valence-electron chi connectivity index (χ1n) is 10.5. The monoisotopic (exact) mass is 439 g/mol. The van der Waals surface area contributed by atoms with Gasteiger partial charge in [-0.05, 0) is 48.2 Å². The largest absolute Gasteiger partial charge is 0.486 e. The summed E-state index contributed by atoms with van der Waals surface area (Å²) in [6.07, 6.45) is 1.71. The molecule has 2 aromatic carbocycles. The minimum atomic E-state index is -0.622. The summed E-state index contributed by atoms with van der Waals surface area (Å²) in [5.41, 5.74) is 7.13. The number of nitrogens with zero attached hydrogens (tertiary/aromatic N) is 1. The summed E-state index contributed by atoms with van der Waals surface area (Å²) < 4.78 is 16.5. The molecule has 0 spiro atoms. The van der Waals surface area contributed by atoms with Crippen LogP contribution in [0.1, 0.15) is 40.4 Å². The molecule has 2 aromatic rings. The highest BCUT2D eigenvalue weighted by molar-refractivity contribution is 5.91. The normalized spacial score (nSPS) is 17.0. The number of hydrogen-bond donors (Lipinski definition) is 2. The molecule has 1 fully saturated rings. The van der Waals surface area contributed by atoms with Crippen molar-refractivity contribution < 1.29 is 28.6 Å². The molecule has 9 heteroatoms. The summed E-state index contributed by atoms with van der Waals surface area (Å²) in [7, 11) is 0. The molecule has 1 atom stereocenters. The predicted molar refractivity (Wildman–Crippen MR) is 114 cm³/mol. The molecule has 0 saturated carbocycles. The minimum absolute atomic E-state index is 0.0888. The van der Waals surface area contributed by atoms with Gasteiger partial charge in [-0.1, -0.05) is 18.2 Å². The number of fused-ring (bicyclic) bond motifs is 1. The number of ether oxygens (including phenoxy) is 3. The summed E-state index contributed by atoms with van der Waals surface area (Å²) in [4.78, 5) is 37.7. The topological polar surface area (TPSA) is 120 Å². The Morgan fingerprint density at radius 2 is 1.81 bits per heavy atom. The number of esters is 1. The first kappa shape index (κ1) is 21.5. The van der Waals surface area contributed by atoms with Crippen LogP contribution >= 0.6 is 0 Å². The van der Waals surface area contributed by atoms with Crippen molar-refractivity contribution >= 4 is 17.9 Å². The molecule has 0 aliphatic carbocycles. The molecule has 9 nitrogen and oxygen atoms in total. The van der Waals surface area contributed by atoms with E-state index in [1.165, 1.54) is 0 Å². The van der Waals surface area contributed by atoms with E-state index in [0.717, 1.165) is 24.0 Å². The van der Waals surface area contributed by atoms with Gasteiger partial charge in [0.05, 0.1) is 11.6 Å². The molecule has 32 heavy (non-hydrogen) atoms. The molecular formula is C23H25N3O6. The van der Waals surface area contributed by atoms with Crippen molar-refractivity contribution in [2.75, 3.05) is 26.4 Å². The standard InChI is InChI=1S/C23H25N3O6/c24-23(29)25-13-15-3-5-16(6-4-15)22(28)32-14-21(27)26-9-1-2-18(26)17-7-8-19-20(12-17)31-11-10-30-19/h3-8,12,18H,1-2,9-11,13-14H2,(H3,24,25,29). The SMILES string of the molecule is NC(=O)NCc1ccc(C(=O)OCC(=O)N2CCCC2c2ccc3c(c2)OCCO3)cc1. The van der Waals surface area contributed by atoms with E-state index in [1.54, 1.807) is 29.2 Å². The first-order chi connectivity index (χ1) is 15.5. The molecule has 2 heterocycles. The Morgan fingerprint density at radius 3 is 2.56 bits per heavy atom. The minimum Gasteiger partial charge on any atom is -0.486 e. The first-order valence-corrected chi connectivity index (χ1v) is 10.5. The Kier molecular flexibility index (Phi) is 6.44. The number of nitrogens with one attached hydrogen (secondary N) is 1. The van der Waals surface area contributed by atoms with Gasteiger partial charge in [-0.2, -0.15) is 0 Å². The van der Waals surface area contributed by atoms with Crippen molar-refractivity contribution in [2.24, 2.45) is 5.73 Å². The van der Waals surface area contributed by atoms with E-state index in [-0.39, 0.29) is 25.1 Å². The second-order valence-electron chi connectivity index (χ2n) is 7.64. The fourth-order valence-electron chi connectivity index (χ4n) is 3.92. The number of carbonyl (C=O) groups excluding carboxylic acids is 3. The molecule has 3 amide bonds. The van der Waals surface area contributed by atoms with Crippen LogP contribution in [0.15, 0.2) is 42.5 Å². The van der Waals surface area contributed by atoms with Crippen molar-refractivity contribution in [3.8, 4) is 11.5 Å². The average molecular weight is 439 g/mol. The smallest absolute Gasteiger partial charge is 0.338 e. The van der Waals surface area contributed by atoms with Gasteiger partial charge in [-0.3, -0.25) is 4.79 Å². The summed E-state index contributed by atoms with van der Waals surface area (Å²) in [6.45, 7) is 1.57. The number of carbonyl (C=O) groups is 3. The molecule has 1 unspecified atom stereocenters. The maximum Gasteiger partial charge on any atom is 0.338 e. The van der Waals surface area contributed by atoms with Crippen LogP contribution in [-0.2, 0) is 16.1 Å². The van der Waals surface area contributed by atoms with Crippen LogP contribution in [0.5, 0.6) is 11.5 Å².